The summed E-state index contributed by atoms with van der Waals surface area (Å²) in [7, 11) is 0. The van der Waals surface area contributed by atoms with E-state index < -0.39 is 24.4 Å². The van der Waals surface area contributed by atoms with Gasteiger partial charge in [-0.25, -0.2) is 18.4 Å². The van der Waals surface area contributed by atoms with E-state index in [-0.39, 0.29) is 45.4 Å². The number of alkyl halides is 2. The molecule has 0 aliphatic heterocycles. The topological polar surface area (TPSA) is 97.3 Å². The average molecular weight is 551 g/mol. The van der Waals surface area contributed by atoms with E-state index in [1.54, 1.807) is 31.2 Å². The highest BCUT2D eigenvalue weighted by Crippen LogP contribution is 2.22. The van der Waals surface area contributed by atoms with Crippen LogP contribution in [-0.4, -0.2) is 73.6 Å². The SMILES string of the molecule is CCOC(Cc1ccc(OCCN(CCOCCC(C)(F)F)C(=O)Nc2c(C)cc(C)cc2C)cc1)C(=O)O. The number of aliphatic carboxylic acids is 1. The van der Waals surface area contributed by atoms with Gasteiger partial charge >= 0.3 is 12.0 Å². The van der Waals surface area contributed by atoms with Crippen LogP contribution in [0.15, 0.2) is 36.4 Å². The van der Waals surface area contributed by atoms with Crippen LogP contribution >= 0.6 is 0 Å². The molecule has 0 heterocycles. The molecule has 0 bridgehead atoms. The Labute approximate surface area is 229 Å². The van der Waals surface area contributed by atoms with Gasteiger partial charge in [0.2, 0.25) is 5.92 Å². The number of ether oxygens (including phenoxy) is 3. The van der Waals surface area contributed by atoms with Crippen LogP contribution in [0.1, 0.15) is 42.5 Å². The highest BCUT2D eigenvalue weighted by atomic mass is 19.3. The van der Waals surface area contributed by atoms with Crippen molar-refractivity contribution >= 4 is 17.7 Å². The lowest BCUT2D eigenvalue weighted by atomic mass is 10.1. The number of nitrogens with zero attached hydrogens (tertiary/aromatic N) is 1. The van der Waals surface area contributed by atoms with E-state index in [1.807, 2.05) is 32.9 Å². The molecule has 1 unspecified atom stereocenters. The molecule has 0 saturated carbocycles. The molecule has 0 saturated heterocycles. The fourth-order valence-electron chi connectivity index (χ4n) is 4.03. The number of carboxylic acids is 1. The molecule has 0 aromatic heterocycles. The number of halogens is 2. The van der Waals surface area contributed by atoms with Gasteiger partial charge in [-0.2, -0.15) is 0 Å². The Balaban J connectivity index is 1.98. The van der Waals surface area contributed by atoms with Crippen LogP contribution in [0, 0.1) is 20.8 Å². The summed E-state index contributed by atoms with van der Waals surface area (Å²) in [4.78, 5) is 26.0. The molecule has 8 nitrogen and oxygen atoms in total. The summed E-state index contributed by atoms with van der Waals surface area (Å²) < 4.78 is 42.6. The summed E-state index contributed by atoms with van der Waals surface area (Å²) >= 11 is 0. The molecule has 2 aromatic rings. The van der Waals surface area contributed by atoms with Gasteiger partial charge in [0.25, 0.3) is 0 Å². The standard InChI is InChI=1S/C29H40F2N2O6/c1-6-38-25(27(34)35)19-23-7-9-24(10-8-23)39-16-13-33(12-15-37-14-11-29(5,30)31)28(36)32-26-21(3)17-20(2)18-22(26)4/h7-10,17-18,25H,6,11-16,19H2,1-5H3,(H,32,36)(H,34,35). The first-order chi connectivity index (χ1) is 18.4. The first-order valence-electron chi connectivity index (χ1n) is 13.0. The quantitative estimate of drug-likeness (QED) is 0.264. The van der Waals surface area contributed by atoms with Crippen molar-refractivity contribution in [2.45, 2.75) is 59.5 Å². The first-order valence-corrected chi connectivity index (χ1v) is 13.0. The molecule has 39 heavy (non-hydrogen) atoms. The Morgan fingerprint density at radius 2 is 1.64 bits per heavy atom. The third-order valence-corrected chi connectivity index (χ3v) is 6.00. The zero-order chi connectivity index (χ0) is 29.0. The van der Waals surface area contributed by atoms with Crippen molar-refractivity contribution < 1.29 is 37.7 Å². The zero-order valence-corrected chi connectivity index (χ0v) is 23.4. The van der Waals surface area contributed by atoms with E-state index in [1.165, 1.54) is 4.90 Å². The lowest BCUT2D eigenvalue weighted by Gasteiger charge is -2.24. The van der Waals surface area contributed by atoms with Crippen LogP contribution in [0.25, 0.3) is 0 Å². The van der Waals surface area contributed by atoms with E-state index in [2.05, 4.69) is 5.32 Å². The van der Waals surface area contributed by atoms with Gasteiger partial charge in [-0.1, -0.05) is 29.8 Å². The van der Waals surface area contributed by atoms with Crippen molar-refractivity contribution in [3.8, 4) is 5.75 Å². The summed E-state index contributed by atoms with van der Waals surface area (Å²) in [6, 6.07) is 10.6. The number of nitrogens with one attached hydrogen (secondary N) is 1. The number of benzene rings is 2. The van der Waals surface area contributed by atoms with Crippen LogP contribution in [0.5, 0.6) is 5.75 Å². The first kappa shape index (κ1) is 32.0. The molecule has 0 radical (unpaired) electrons. The second-order valence-corrected chi connectivity index (χ2v) is 9.60. The summed E-state index contributed by atoms with van der Waals surface area (Å²) in [6.07, 6.45) is -1.07. The summed E-state index contributed by atoms with van der Waals surface area (Å²) in [6.45, 7) is 9.34. The van der Waals surface area contributed by atoms with Gasteiger partial charge < -0.3 is 29.5 Å². The number of hydrogen-bond donors (Lipinski definition) is 2. The number of carbonyl (C=O) groups excluding carboxylic acids is 1. The smallest absolute Gasteiger partial charge is 0.333 e. The van der Waals surface area contributed by atoms with E-state index in [4.69, 9.17) is 14.2 Å². The maximum absolute atomic E-state index is 13.1. The highest BCUT2D eigenvalue weighted by molar-refractivity contribution is 5.91. The number of anilines is 1. The zero-order valence-electron chi connectivity index (χ0n) is 23.4. The van der Waals surface area contributed by atoms with Gasteiger partial charge in [0.15, 0.2) is 6.10 Å². The molecule has 0 spiro atoms. The van der Waals surface area contributed by atoms with E-state index >= 15 is 0 Å². The number of amides is 2. The third kappa shape index (κ3) is 11.6. The number of aryl methyl sites for hydroxylation is 3. The predicted octanol–water partition coefficient (Wildman–Crippen LogP) is 5.62. The number of urea groups is 1. The Hall–Kier alpha value is -3.24. The average Bonchev–Trinajstić information content (AvgIpc) is 2.84. The minimum Gasteiger partial charge on any atom is -0.492 e. The van der Waals surface area contributed by atoms with Gasteiger partial charge in [-0.05, 0) is 63.4 Å². The Bertz CT molecular complexity index is 1050. The molecule has 10 heteroatoms. The Morgan fingerprint density at radius 3 is 2.21 bits per heavy atom. The van der Waals surface area contributed by atoms with Crippen molar-refractivity contribution in [2.75, 3.05) is 44.8 Å². The van der Waals surface area contributed by atoms with Crippen LogP contribution < -0.4 is 10.1 Å². The Kier molecular flexibility index (Phi) is 12.6. The van der Waals surface area contributed by atoms with E-state index in [0.717, 1.165) is 34.9 Å². The van der Waals surface area contributed by atoms with Crippen LogP contribution in [0.2, 0.25) is 0 Å². The fraction of sp³-hybridized carbons (Fsp3) is 0.517. The summed E-state index contributed by atoms with van der Waals surface area (Å²) in [5, 5.41) is 12.2. The molecular formula is C29H40F2N2O6. The molecule has 0 aliphatic rings. The van der Waals surface area contributed by atoms with Gasteiger partial charge in [-0.15, -0.1) is 0 Å². The minimum atomic E-state index is -2.81. The number of rotatable bonds is 16. The molecule has 2 amide bonds. The molecule has 0 fully saturated rings. The molecule has 0 aliphatic carbocycles. The lowest BCUT2D eigenvalue weighted by molar-refractivity contribution is -0.149. The number of hydrogen-bond acceptors (Lipinski definition) is 5. The molecule has 216 valence electrons. The summed E-state index contributed by atoms with van der Waals surface area (Å²) in [5.74, 6) is -3.26. The van der Waals surface area contributed by atoms with Crippen LogP contribution in [0.3, 0.4) is 0 Å². The monoisotopic (exact) mass is 550 g/mol. The number of carboxylic acid groups (broad SMARTS) is 1. The second kappa shape index (κ2) is 15.4. The molecule has 2 aromatic carbocycles. The van der Waals surface area contributed by atoms with E-state index in [0.29, 0.717) is 12.4 Å². The normalized spacial score (nSPS) is 12.2. The molecule has 1 atom stereocenters. The Morgan fingerprint density at radius 1 is 1.03 bits per heavy atom. The lowest BCUT2D eigenvalue weighted by Crippen LogP contribution is -2.40. The molecule has 2 N–H and O–H groups in total. The van der Waals surface area contributed by atoms with Gasteiger partial charge in [0.1, 0.15) is 12.4 Å². The maximum Gasteiger partial charge on any atom is 0.333 e. The minimum absolute atomic E-state index is 0.106. The van der Waals surface area contributed by atoms with Crippen LogP contribution in [-0.2, 0) is 20.7 Å². The third-order valence-electron chi connectivity index (χ3n) is 6.00. The molecular weight excluding hydrogens is 510 g/mol. The largest absolute Gasteiger partial charge is 0.492 e. The number of carbonyl (C=O) groups is 2. The van der Waals surface area contributed by atoms with Gasteiger partial charge in [0.05, 0.1) is 19.8 Å². The predicted molar refractivity (Wildman–Crippen MR) is 146 cm³/mol. The van der Waals surface area contributed by atoms with Crippen molar-refractivity contribution in [1.82, 2.24) is 4.90 Å². The van der Waals surface area contributed by atoms with Crippen molar-refractivity contribution in [2.24, 2.45) is 0 Å². The fourth-order valence-corrected chi connectivity index (χ4v) is 4.03. The van der Waals surface area contributed by atoms with Crippen molar-refractivity contribution in [3.05, 3.63) is 58.7 Å². The van der Waals surface area contributed by atoms with Crippen LogP contribution in [0.4, 0.5) is 19.3 Å². The second-order valence-electron chi connectivity index (χ2n) is 9.60. The highest BCUT2D eigenvalue weighted by Gasteiger charge is 2.21. The van der Waals surface area contributed by atoms with Gasteiger partial charge in [-0.3, -0.25) is 0 Å². The van der Waals surface area contributed by atoms with E-state index in [9.17, 15) is 23.5 Å². The summed E-state index contributed by atoms with van der Waals surface area (Å²) in [5.41, 5.74) is 4.49. The van der Waals surface area contributed by atoms with Crippen molar-refractivity contribution in [1.29, 1.82) is 0 Å². The molecule has 2 rings (SSSR count). The van der Waals surface area contributed by atoms with Crippen molar-refractivity contribution in [3.63, 3.8) is 0 Å². The maximum atomic E-state index is 13.1. The van der Waals surface area contributed by atoms with Gasteiger partial charge in [0, 0.05) is 31.7 Å².